The summed E-state index contributed by atoms with van der Waals surface area (Å²) >= 11 is 0. The van der Waals surface area contributed by atoms with Crippen LogP contribution in [0, 0.1) is 13.8 Å². The van der Waals surface area contributed by atoms with Crippen LogP contribution in [0.2, 0.25) is 0 Å². The van der Waals surface area contributed by atoms with Gasteiger partial charge in [0.15, 0.2) is 0 Å². The molecule has 0 unspecified atom stereocenters. The molecule has 2 heterocycles. The van der Waals surface area contributed by atoms with Crippen LogP contribution in [-0.2, 0) is 11.2 Å². The molecule has 2 aromatic rings. The van der Waals surface area contributed by atoms with Gasteiger partial charge in [0, 0.05) is 37.4 Å². The Kier molecular flexibility index (Phi) is 5.80. The molecular formula is C17H23ClN4O. The molecule has 5 nitrogen and oxygen atoms in total. The molecule has 1 aliphatic rings. The fourth-order valence-electron chi connectivity index (χ4n) is 2.93. The lowest BCUT2D eigenvalue weighted by molar-refractivity contribution is -0.131. The van der Waals surface area contributed by atoms with E-state index >= 15 is 0 Å². The third-order valence-electron chi connectivity index (χ3n) is 4.24. The van der Waals surface area contributed by atoms with Crippen molar-refractivity contribution in [3.63, 3.8) is 0 Å². The molecule has 1 aromatic heterocycles. The highest BCUT2D eigenvalue weighted by atomic mass is 35.5. The molecule has 1 aromatic carbocycles. The predicted octanol–water partition coefficient (Wildman–Crippen LogP) is 1.89. The average Bonchev–Trinajstić information content (AvgIpc) is 2.84. The molecule has 1 aliphatic heterocycles. The number of halogens is 1. The fraction of sp³-hybridized carbons (Fsp3) is 0.412. The summed E-state index contributed by atoms with van der Waals surface area (Å²) in [6, 6.07) is 10.0. The highest BCUT2D eigenvalue weighted by molar-refractivity contribution is 5.85. The van der Waals surface area contributed by atoms with Gasteiger partial charge in [0.2, 0.25) is 5.91 Å². The van der Waals surface area contributed by atoms with Gasteiger partial charge in [-0.2, -0.15) is 5.10 Å². The minimum absolute atomic E-state index is 0. The fourth-order valence-corrected chi connectivity index (χ4v) is 2.93. The summed E-state index contributed by atoms with van der Waals surface area (Å²) in [5, 5.41) is 7.88. The molecule has 1 N–H and O–H groups in total. The van der Waals surface area contributed by atoms with Crippen LogP contribution in [0.3, 0.4) is 0 Å². The van der Waals surface area contributed by atoms with Crippen molar-refractivity contribution in [2.75, 3.05) is 26.2 Å². The summed E-state index contributed by atoms with van der Waals surface area (Å²) < 4.78 is 1.93. The third-order valence-corrected chi connectivity index (χ3v) is 4.24. The second-order valence-corrected chi connectivity index (χ2v) is 5.70. The van der Waals surface area contributed by atoms with Crippen LogP contribution in [0.15, 0.2) is 30.3 Å². The average molecular weight is 335 g/mol. The monoisotopic (exact) mass is 334 g/mol. The molecule has 0 spiro atoms. The van der Waals surface area contributed by atoms with Gasteiger partial charge in [0.25, 0.3) is 0 Å². The number of para-hydroxylation sites is 1. The van der Waals surface area contributed by atoms with Crippen LogP contribution in [0.5, 0.6) is 0 Å². The number of carbonyl (C=O) groups is 1. The number of piperazine rings is 1. The second kappa shape index (κ2) is 7.62. The van der Waals surface area contributed by atoms with Gasteiger partial charge < -0.3 is 10.2 Å². The SMILES string of the molecule is Cc1nn(-c2ccccc2)c(C)c1CC(=O)N1CCNCC1.Cl. The molecule has 23 heavy (non-hydrogen) atoms. The van der Waals surface area contributed by atoms with E-state index in [0.717, 1.165) is 48.8 Å². The summed E-state index contributed by atoms with van der Waals surface area (Å²) in [4.78, 5) is 14.4. The normalized spacial score (nSPS) is 14.4. The van der Waals surface area contributed by atoms with Crippen molar-refractivity contribution in [1.29, 1.82) is 0 Å². The zero-order valence-corrected chi connectivity index (χ0v) is 14.4. The van der Waals surface area contributed by atoms with Crippen molar-refractivity contribution >= 4 is 18.3 Å². The van der Waals surface area contributed by atoms with Gasteiger partial charge in [-0.25, -0.2) is 4.68 Å². The summed E-state index contributed by atoms with van der Waals surface area (Å²) in [6.07, 6.45) is 0.435. The maximum absolute atomic E-state index is 12.5. The second-order valence-electron chi connectivity index (χ2n) is 5.70. The first kappa shape index (κ1) is 17.5. The first-order valence-electron chi connectivity index (χ1n) is 7.76. The summed E-state index contributed by atoms with van der Waals surface area (Å²) in [5.74, 6) is 0.195. The van der Waals surface area contributed by atoms with Crippen LogP contribution in [-0.4, -0.2) is 46.8 Å². The molecule has 0 saturated carbocycles. The van der Waals surface area contributed by atoms with Gasteiger partial charge in [-0.1, -0.05) is 18.2 Å². The largest absolute Gasteiger partial charge is 0.340 e. The van der Waals surface area contributed by atoms with Crippen LogP contribution in [0.1, 0.15) is 17.0 Å². The first-order valence-corrected chi connectivity index (χ1v) is 7.76. The highest BCUT2D eigenvalue weighted by Gasteiger charge is 2.20. The molecule has 124 valence electrons. The van der Waals surface area contributed by atoms with Gasteiger partial charge in [-0.05, 0) is 26.0 Å². The molecule has 3 rings (SSSR count). The number of hydrogen-bond donors (Lipinski definition) is 1. The van der Waals surface area contributed by atoms with Gasteiger partial charge in [0.1, 0.15) is 0 Å². The zero-order chi connectivity index (χ0) is 15.5. The molecule has 0 aliphatic carbocycles. The quantitative estimate of drug-likeness (QED) is 0.932. The smallest absolute Gasteiger partial charge is 0.227 e. The lowest BCUT2D eigenvalue weighted by atomic mass is 10.1. The van der Waals surface area contributed by atoms with Gasteiger partial charge in [0.05, 0.1) is 17.8 Å². The van der Waals surface area contributed by atoms with E-state index in [1.807, 2.05) is 53.8 Å². The molecular weight excluding hydrogens is 312 g/mol. The molecule has 0 radical (unpaired) electrons. The van der Waals surface area contributed by atoms with Crippen molar-refractivity contribution in [2.24, 2.45) is 0 Å². The third kappa shape index (κ3) is 3.74. The van der Waals surface area contributed by atoms with Crippen LogP contribution >= 0.6 is 12.4 Å². The van der Waals surface area contributed by atoms with E-state index in [1.165, 1.54) is 0 Å². The topological polar surface area (TPSA) is 50.2 Å². The predicted molar refractivity (Wildman–Crippen MR) is 93.4 cm³/mol. The van der Waals surface area contributed by atoms with Crippen molar-refractivity contribution in [3.8, 4) is 5.69 Å². The Hall–Kier alpha value is -1.85. The van der Waals surface area contributed by atoms with Gasteiger partial charge in [-0.3, -0.25) is 4.79 Å². The van der Waals surface area contributed by atoms with E-state index < -0.39 is 0 Å². The van der Waals surface area contributed by atoms with E-state index in [9.17, 15) is 4.79 Å². The zero-order valence-electron chi connectivity index (χ0n) is 13.6. The lowest BCUT2D eigenvalue weighted by Crippen LogP contribution is -2.47. The summed E-state index contributed by atoms with van der Waals surface area (Å²) in [6.45, 7) is 7.37. The molecule has 6 heteroatoms. The number of nitrogens with one attached hydrogen (secondary N) is 1. The minimum Gasteiger partial charge on any atom is -0.340 e. The number of carbonyl (C=O) groups excluding carboxylic acids is 1. The van der Waals surface area contributed by atoms with Crippen molar-refractivity contribution in [2.45, 2.75) is 20.3 Å². The molecule has 1 fully saturated rings. The molecule has 0 bridgehead atoms. The van der Waals surface area contributed by atoms with Gasteiger partial charge >= 0.3 is 0 Å². The van der Waals surface area contributed by atoms with Gasteiger partial charge in [-0.15, -0.1) is 12.4 Å². The Morgan fingerprint density at radius 3 is 2.48 bits per heavy atom. The summed E-state index contributed by atoms with van der Waals surface area (Å²) in [5.41, 5.74) is 4.06. The van der Waals surface area contributed by atoms with E-state index in [2.05, 4.69) is 10.4 Å². The minimum atomic E-state index is 0. The summed E-state index contributed by atoms with van der Waals surface area (Å²) in [7, 11) is 0. The van der Waals surface area contributed by atoms with E-state index in [-0.39, 0.29) is 18.3 Å². The highest BCUT2D eigenvalue weighted by Crippen LogP contribution is 2.19. The number of amides is 1. The first-order chi connectivity index (χ1) is 10.7. The molecule has 1 saturated heterocycles. The number of rotatable bonds is 3. The Morgan fingerprint density at radius 1 is 1.17 bits per heavy atom. The Morgan fingerprint density at radius 2 is 1.83 bits per heavy atom. The maximum Gasteiger partial charge on any atom is 0.227 e. The Bertz CT molecular complexity index is 663. The molecule has 0 atom stereocenters. The van der Waals surface area contributed by atoms with Crippen LogP contribution in [0.4, 0.5) is 0 Å². The number of nitrogens with zero attached hydrogens (tertiary/aromatic N) is 3. The van der Waals surface area contributed by atoms with Crippen molar-refractivity contribution < 1.29 is 4.79 Å². The van der Waals surface area contributed by atoms with E-state index in [1.54, 1.807) is 0 Å². The number of benzene rings is 1. The van der Waals surface area contributed by atoms with E-state index in [4.69, 9.17) is 0 Å². The Labute approximate surface area is 143 Å². The van der Waals surface area contributed by atoms with Crippen molar-refractivity contribution in [1.82, 2.24) is 20.0 Å². The van der Waals surface area contributed by atoms with Crippen LogP contribution < -0.4 is 5.32 Å². The standard InChI is InChI=1S/C17H22N4O.ClH/c1-13-16(12-17(22)20-10-8-18-9-11-20)14(2)21(19-13)15-6-4-3-5-7-15;/h3-7,18H,8-12H2,1-2H3;1H. The van der Waals surface area contributed by atoms with Crippen molar-refractivity contribution in [3.05, 3.63) is 47.3 Å². The number of aryl methyl sites for hydroxylation is 1. The Balaban J connectivity index is 0.00000192. The number of hydrogen-bond acceptors (Lipinski definition) is 3. The maximum atomic E-state index is 12.5. The van der Waals surface area contributed by atoms with Crippen LogP contribution in [0.25, 0.3) is 5.69 Å². The van der Waals surface area contributed by atoms with E-state index in [0.29, 0.717) is 6.42 Å². The lowest BCUT2D eigenvalue weighted by Gasteiger charge is -2.27. The number of aromatic nitrogens is 2. The molecule has 1 amide bonds.